The van der Waals surface area contributed by atoms with Crippen LogP contribution in [0.5, 0.6) is 0 Å². The number of aliphatic carboxylic acids is 2. The van der Waals surface area contributed by atoms with Gasteiger partial charge < -0.3 is 21.0 Å². The van der Waals surface area contributed by atoms with Crippen LogP contribution in [-0.4, -0.2) is 57.6 Å². The first-order chi connectivity index (χ1) is 13.7. The molecular weight excluding hydrogens is 374 g/mol. The molecule has 4 N–H and O–H groups in total. The Balaban J connectivity index is 0.000000321. The molecule has 0 fully saturated rings. The van der Waals surface area contributed by atoms with E-state index in [9.17, 15) is 14.4 Å². The number of hydrogen-bond acceptors (Lipinski definition) is 5. The normalized spacial score (nSPS) is 14.3. The molecule has 1 aliphatic rings. The van der Waals surface area contributed by atoms with Gasteiger partial charge in [-0.05, 0) is 37.2 Å². The largest absolute Gasteiger partial charge is 0.478 e. The lowest BCUT2D eigenvalue weighted by atomic mass is 9.97. The first-order valence-corrected chi connectivity index (χ1v) is 9.18. The van der Waals surface area contributed by atoms with Crippen molar-refractivity contribution < 1.29 is 24.6 Å². The van der Waals surface area contributed by atoms with E-state index < -0.39 is 11.9 Å². The molecule has 29 heavy (non-hydrogen) atoms. The SMILES string of the molecule is CCC(=O)c1ccc2c(c1)c(C1=CCN(C)CC1)cn2N.O=C(O)/C=C/C(=O)O. The van der Waals surface area contributed by atoms with Crippen molar-refractivity contribution in [1.29, 1.82) is 0 Å². The molecule has 8 heteroatoms. The van der Waals surface area contributed by atoms with E-state index in [4.69, 9.17) is 16.1 Å². The van der Waals surface area contributed by atoms with Gasteiger partial charge in [-0.1, -0.05) is 13.0 Å². The Morgan fingerprint density at radius 1 is 1.17 bits per heavy atom. The smallest absolute Gasteiger partial charge is 0.328 e. The van der Waals surface area contributed by atoms with E-state index in [1.807, 2.05) is 31.3 Å². The highest BCUT2D eigenvalue weighted by atomic mass is 16.4. The highest BCUT2D eigenvalue weighted by Gasteiger charge is 2.16. The molecule has 1 aliphatic heterocycles. The Morgan fingerprint density at radius 3 is 2.34 bits per heavy atom. The second-order valence-corrected chi connectivity index (χ2v) is 6.71. The van der Waals surface area contributed by atoms with E-state index in [0.29, 0.717) is 18.6 Å². The Labute approximate surface area is 168 Å². The van der Waals surface area contributed by atoms with Crippen molar-refractivity contribution in [2.45, 2.75) is 19.8 Å². The van der Waals surface area contributed by atoms with Gasteiger partial charge in [0, 0.05) is 54.4 Å². The molecule has 0 amide bonds. The number of carbonyl (C=O) groups is 3. The summed E-state index contributed by atoms with van der Waals surface area (Å²) in [6.07, 6.45) is 6.89. The van der Waals surface area contributed by atoms with Gasteiger partial charge in [-0.3, -0.25) is 9.47 Å². The maximum Gasteiger partial charge on any atom is 0.328 e. The summed E-state index contributed by atoms with van der Waals surface area (Å²) in [5, 5.41) is 16.7. The van der Waals surface area contributed by atoms with E-state index in [1.165, 1.54) is 5.57 Å². The second kappa shape index (κ2) is 9.70. The molecule has 0 spiro atoms. The Kier molecular flexibility index (Phi) is 7.33. The summed E-state index contributed by atoms with van der Waals surface area (Å²) < 4.78 is 1.66. The number of nitrogens with zero attached hydrogens (tertiary/aromatic N) is 2. The quantitative estimate of drug-likeness (QED) is 0.400. The molecule has 3 rings (SSSR count). The molecule has 2 heterocycles. The summed E-state index contributed by atoms with van der Waals surface area (Å²) in [4.78, 5) is 33.3. The highest BCUT2D eigenvalue weighted by Crippen LogP contribution is 2.30. The second-order valence-electron chi connectivity index (χ2n) is 6.71. The van der Waals surface area contributed by atoms with Crippen LogP contribution in [0.3, 0.4) is 0 Å². The van der Waals surface area contributed by atoms with Crippen LogP contribution in [0.4, 0.5) is 0 Å². The van der Waals surface area contributed by atoms with Crippen LogP contribution >= 0.6 is 0 Å². The number of aromatic nitrogens is 1. The standard InChI is InChI=1S/C17H21N3O.C4H4O4/c1-3-17(21)13-4-5-16-14(10-13)15(11-20(16)18)12-6-8-19(2)9-7-12;5-3(6)1-2-4(7)8/h4-6,10-11H,3,7-9,18H2,1-2H3;1-2H,(H,5,6)(H,7,8)/b;2-1+. The molecular formula is C21H25N3O5. The summed E-state index contributed by atoms with van der Waals surface area (Å²) in [6.45, 7) is 3.90. The zero-order valence-corrected chi connectivity index (χ0v) is 16.5. The topological polar surface area (TPSA) is 126 Å². The van der Waals surface area contributed by atoms with E-state index in [2.05, 4.69) is 18.0 Å². The molecule has 0 bridgehead atoms. The van der Waals surface area contributed by atoms with Crippen molar-refractivity contribution in [3.05, 3.63) is 53.8 Å². The van der Waals surface area contributed by atoms with E-state index in [-0.39, 0.29) is 5.78 Å². The third-order valence-corrected chi connectivity index (χ3v) is 4.60. The van der Waals surface area contributed by atoms with Crippen molar-refractivity contribution in [3.8, 4) is 0 Å². The van der Waals surface area contributed by atoms with Crippen LogP contribution in [0.2, 0.25) is 0 Å². The zero-order chi connectivity index (χ0) is 21.6. The van der Waals surface area contributed by atoms with Crippen molar-refractivity contribution >= 4 is 34.2 Å². The molecule has 0 radical (unpaired) electrons. The summed E-state index contributed by atoms with van der Waals surface area (Å²) >= 11 is 0. The highest BCUT2D eigenvalue weighted by molar-refractivity contribution is 6.02. The van der Waals surface area contributed by atoms with Gasteiger partial charge in [0.1, 0.15) is 0 Å². The first-order valence-electron chi connectivity index (χ1n) is 9.18. The molecule has 0 saturated carbocycles. The number of fused-ring (bicyclic) bond motifs is 1. The lowest BCUT2D eigenvalue weighted by Crippen LogP contribution is -2.23. The molecule has 8 nitrogen and oxygen atoms in total. The first kappa shape index (κ1) is 21.9. The number of likely N-dealkylation sites (N-methyl/N-ethyl adjacent to an activating group) is 1. The fourth-order valence-corrected chi connectivity index (χ4v) is 3.05. The van der Waals surface area contributed by atoms with Crippen molar-refractivity contribution in [2.75, 3.05) is 26.0 Å². The van der Waals surface area contributed by atoms with Crippen molar-refractivity contribution in [3.63, 3.8) is 0 Å². The third-order valence-electron chi connectivity index (χ3n) is 4.60. The third kappa shape index (κ3) is 5.79. The number of carbonyl (C=O) groups excluding carboxylic acids is 1. The molecule has 0 aliphatic carbocycles. The molecule has 1 aromatic carbocycles. The van der Waals surface area contributed by atoms with E-state index >= 15 is 0 Å². The number of rotatable bonds is 5. The van der Waals surface area contributed by atoms with Crippen LogP contribution in [-0.2, 0) is 9.59 Å². The average molecular weight is 399 g/mol. The van der Waals surface area contributed by atoms with Crippen LogP contribution < -0.4 is 5.84 Å². The molecule has 1 aromatic heterocycles. The Bertz CT molecular complexity index is 972. The van der Waals surface area contributed by atoms with Crippen LogP contribution in [0.25, 0.3) is 16.5 Å². The molecule has 0 atom stereocenters. The number of carboxylic acid groups (broad SMARTS) is 2. The predicted molar refractivity (Wildman–Crippen MR) is 111 cm³/mol. The number of ketones is 1. The summed E-state index contributed by atoms with van der Waals surface area (Å²) in [5.41, 5.74) is 4.22. The minimum atomic E-state index is -1.26. The van der Waals surface area contributed by atoms with Crippen LogP contribution in [0.1, 0.15) is 35.7 Å². The number of nitrogen functional groups attached to an aromatic ring is 1. The van der Waals surface area contributed by atoms with Gasteiger partial charge in [-0.25, -0.2) is 9.59 Å². The van der Waals surface area contributed by atoms with Crippen molar-refractivity contribution in [1.82, 2.24) is 9.58 Å². The van der Waals surface area contributed by atoms with Crippen LogP contribution in [0.15, 0.2) is 42.6 Å². The number of carboxylic acids is 2. The monoisotopic (exact) mass is 399 g/mol. The lowest BCUT2D eigenvalue weighted by Gasteiger charge is -2.21. The maximum absolute atomic E-state index is 11.9. The van der Waals surface area contributed by atoms with Crippen molar-refractivity contribution in [2.24, 2.45) is 0 Å². The minimum Gasteiger partial charge on any atom is -0.478 e. The number of benzene rings is 1. The molecule has 2 aromatic rings. The predicted octanol–water partition coefficient (Wildman–Crippen LogP) is 2.38. The van der Waals surface area contributed by atoms with Gasteiger partial charge in [0.25, 0.3) is 0 Å². The average Bonchev–Trinajstić information content (AvgIpc) is 3.03. The zero-order valence-electron chi connectivity index (χ0n) is 16.5. The maximum atomic E-state index is 11.9. The number of hydrogen-bond donors (Lipinski definition) is 3. The minimum absolute atomic E-state index is 0.171. The lowest BCUT2D eigenvalue weighted by molar-refractivity contribution is -0.134. The van der Waals surface area contributed by atoms with E-state index in [0.717, 1.165) is 41.5 Å². The Hall–Kier alpha value is -3.39. The van der Waals surface area contributed by atoms with Gasteiger partial charge in [-0.2, -0.15) is 0 Å². The van der Waals surface area contributed by atoms with Gasteiger partial charge >= 0.3 is 11.9 Å². The molecule has 154 valence electrons. The Morgan fingerprint density at radius 2 is 1.83 bits per heavy atom. The number of Topliss-reactive ketones (excluding diaryl/α,β-unsaturated/α-hetero) is 1. The summed E-state index contributed by atoms with van der Waals surface area (Å²) in [5.74, 6) is 3.72. The fraction of sp³-hybridized carbons (Fsp3) is 0.286. The molecule has 0 unspecified atom stereocenters. The van der Waals surface area contributed by atoms with Crippen LogP contribution in [0, 0.1) is 0 Å². The van der Waals surface area contributed by atoms with Gasteiger partial charge in [0.2, 0.25) is 0 Å². The number of nitrogens with two attached hydrogens (primary N) is 1. The van der Waals surface area contributed by atoms with Gasteiger partial charge in [-0.15, -0.1) is 0 Å². The van der Waals surface area contributed by atoms with Gasteiger partial charge in [0.15, 0.2) is 5.78 Å². The van der Waals surface area contributed by atoms with E-state index in [1.54, 1.807) is 4.68 Å². The molecule has 0 saturated heterocycles. The fourth-order valence-electron chi connectivity index (χ4n) is 3.05. The summed E-state index contributed by atoms with van der Waals surface area (Å²) in [7, 11) is 2.12. The summed E-state index contributed by atoms with van der Waals surface area (Å²) in [6, 6.07) is 5.79. The van der Waals surface area contributed by atoms with Gasteiger partial charge in [0.05, 0.1) is 5.52 Å².